The van der Waals surface area contributed by atoms with Crippen molar-refractivity contribution in [3.05, 3.63) is 0 Å². The van der Waals surface area contributed by atoms with E-state index in [2.05, 4.69) is 4.99 Å². The number of aliphatic imine (C=N–C) groups is 1. The lowest BCUT2D eigenvalue weighted by Gasteiger charge is -2.08. The van der Waals surface area contributed by atoms with Gasteiger partial charge in [-0.3, -0.25) is 4.79 Å². The lowest BCUT2D eigenvalue weighted by Crippen LogP contribution is -2.23. The molecule has 0 aliphatic rings. The molecule has 0 aromatic rings. The normalized spacial score (nSPS) is 7.78. The first-order valence-corrected chi connectivity index (χ1v) is 2.44. The lowest BCUT2D eigenvalue weighted by molar-refractivity contribution is -0.127. The van der Waals surface area contributed by atoms with Crippen LogP contribution in [0.25, 0.3) is 0 Å². The second-order valence-electron chi connectivity index (χ2n) is 1.61. The molecule has 0 saturated carbocycles. The van der Waals surface area contributed by atoms with Crippen molar-refractivity contribution in [2.45, 2.75) is 6.92 Å². The minimum Gasteiger partial charge on any atom is -0.326 e. The van der Waals surface area contributed by atoms with E-state index in [4.69, 9.17) is 0 Å². The zero-order valence-electron chi connectivity index (χ0n) is 5.42. The van der Waals surface area contributed by atoms with Crippen LogP contribution in [0.15, 0.2) is 4.99 Å². The fourth-order valence-electron chi connectivity index (χ4n) is 0.235. The van der Waals surface area contributed by atoms with Gasteiger partial charge in [0.15, 0.2) is 0 Å². The number of hydrogen-bond donors (Lipinski definition) is 0. The standard InChI is InChI=1S/C5H8N2O2/c1-5(9)7(2)3-6-4-8/h3H2,1-2H3. The lowest BCUT2D eigenvalue weighted by atomic mass is 10.6. The zero-order chi connectivity index (χ0) is 7.28. The first-order valence-electron chi connectivity index (χ1n) is 2.44. The molecule has 0 radical (unpaired) electrons. The van der Waals surface area contributed by atoms with E-state index in [-0.39, 0.29) is 12.6 Å². The summed E-state index contributed by atoms with van der Waals surface area (Å²) in [6.45, 7) is 1.50. The highest BCUT2D eigenvalue weighted by molar-refractivity contribution is 5.72. The molecule has 1 amide bonds. The van der Waals surface area contributed by atoms with Crippen molar-refractivity contribution in [1.82, 2.24) is 4.90 Å². The van der Waals surface area contributed by atoms with Crippen molar-refractivity contribution in [2.75, 3.05) is 13.7 Å². The summed E-state index contributed by atoms with van der Waals surface area (Å²) in [7, 11) is 1.56. The second kappa shape index (κ2) is 3.80. The highest BCUT2D eigenvalue weighted by atomic mass is 16.2. The van der Waals surface area contributed by atoms with Crippen LogP contribution >= 0.6 is 0 Å². The number of hydrogen-bond acceptors (Lipinski definition) is 3. The van der Waals surface area contributed by atoms with Crippen LogP contribution in [0.1, 0.15) is 6.92 Å². The van der Waals surface area contributed by atoms with Gasteiger partial charge in [0.05, 0.1) is 0 Å². The third kappa shape index (κ3) is 3.43. The van der Waals surface area contributed by atoms with Crippen molar-refractivity contribution >= 4 is 12.0 Å². The topological polar surface area (TPSA) is 49.7 Å². The van der Waals surface area contributed by atoms with Crippen LogP contribution < -0.4 is 0 Å². The van der Waals surface area contributed by atoms with Gasteiger partial charge in [0.25, 0.3) is 0 Å². The summed E-state index contributed by atoms with van der Waals surface area (Å²) in [6, 6.07) is 0. The van der Waals surface area contributed by atoms with Gasteiger partial charge in [-0.2, -0.15) is 4.99 Å². The van der Waals surface area contributed by atoms with Gasteiger partial charge in [-0.05, 0) is 0 Å². The molecule has 4 nitrogen and oxygen atoms in total. The molecule has 0 unspecified atom stereocenters. The van der Waals surface area contributed by atoms with Crippen molar-refractivity contribution in [3.8, 4) is 0 Å². The Hall–Kier alpha value is -1.15. The Bertz CT molecular complexity index is 149. The summed E-state index contributed by atoms with van der Waals surface area (Å²) in [5, 5.41) is 0. The molecule has 0 aliphatic heterocycles. The van der Waals surface area contributed by atoms with Crippen LogP contribution in [0, 0.1) is 0 Å². The third-order valence-electron chi connectivity index (χ3n) is 0.885. The Morgan fingerprint density at radius 3 is 2.67 bits per heavy atom. The molecule has 0 rings (SSSR count). The van der Waals surface area contributed by atoms with Gasteiger partial charge in [0, 0.05) is 14.0 Å². The maximum absolute atomic E-state index is 10.4. The average molecular weight is 128 g/mol. The van der Waals surface area contributed by atoms with E-state index in [9.17, 15) is 9.59 Å². The molecule has 0 N–H and O–H groups in total. The van der Waals surface area contributed by atoms with E-state index in [1.54, 1.807) is 7.05 Å². The summed E-state index contributed by atoms with van der Waals surface area (Å²) in [4.78, 5) is 24.4. The molecule has 9 heavy (non-hydrogen) atoms. The quantitative estimate of drug-likeness (QED) is 0.380. The van der Waals surface area contributed by atoms with E-state index in [1.807, 2.05) is 0 Å². The third-order valence-corrected chi connectivity index (χ3v) is 0.885. The first kappa shape index (κ1) is 7.85. The van der Waals surface area contributed by atoms with E-state index in [0.717, 1.165) is 0 Å². The summed E-state index contributed by atoms with van der Waals surface area (Å²) in [5.41, 5.74) is 0. The molecule has 0 fully saturated rings. The predicted molar refractivity (Wildman–Crippen MR) is 31.4 cm³/mol. The molecule has 0 aromatic carbocycles. The molecule has 0 aromatic heterocycles. The maximum atomic E-state index is 10.4. The van der Waals surface area contributed by atoms with Gasteiger partial charge < -0.3 is 4.90 Å². The van der Waals surface area contributed by atoms with Crippen LogP contribution in [-0.2, 0) is 9.59 Å². The van der Waals surface area contributed by atoms with Crippen molar-refractivity contribution < 1.29 is 9.59 Å². The SMILES string of the molecule is CC(=O)N(C)CN=C=O. The predicted octanol–water partition coefficient (Wildman–Crippen LogP) is -0.242. The Balaban J connectivity index is 3.63. The van der Waals surface area contributed by atoms with Crippen molar-refractivity contribution in [1.29, 1.82) is 0 Å². The van der Waals surface area contributed by atoms with E-state index < -0.39 is 0 Å². The summed E-state index contributed by atoms with van der Waals surface area (Å²) < 4.78 is 0. The Morgan fingerprint density at radius 1 is 1.78 bits per heavy atom. The van der Waals surface area contributed by atoms with Gasteiger partial charge >= 0.3 is 0 Å². The van der Waals surface area contributed by atoms with Crippen LogP contribution in [0.3, 0.4) is 0 Å². The number of rotatable bonds is 2. The Labute approximate surface area is 53.2 Å². The minimum absolute atomic E-state index is 0.0961. The molecular weight excluding hydrogens is 120 g/mol. The molecule has 50 valence electrons. The second-order valence-corrected chi connectivity index (χ2v) is 1.61. The van der Waals surface area contributed by atoms with Crippen LogP contribution in [0.5, 0.6) is 0 Å². The smallest absolute Gasteiger partial charge is 0.236 e. The highest BCUT2D eigenvalue weighted by Crippen LogP contribution is 1.80. The molecule has 0 saturated heterocycles. The molecule has 0 atom stereocenters. The first-order chi connectivity index (χ1) is 4.18. The molecular formula is C5H8N2O2. The van der Waals surface area contributed by atoms with Crippen LogP contribution in [0.4, 0.5) is 0 Å². The fraction of sp³-hybridized carbons (Fsp3) is 0.600. The van der Waals surface area contributed by atoms with Gasteiger partial charge in [-0.15, -0.1) is 0 Å². The maximum Gasteiger partial charge on any atom is 0.236 e. The Morgan fingerprint density at radius 2 is 2.33 bits per heavy atom. The minimum atomic E-state index is -0.117. The van der Waals surface area contributed by atoms with Gasteiger partial charge in [0.2, 0.25) is 12.0 Å². The van der Waals surface area contributed by atoms with Gasteiger partial charge in [0.1, 0.15) is 6.67 Å². The molecule has 4 heteroatoms. The van der Waals surface area contributed by atoms with Crippen LogP contribution in [0.2, 0.25) is 0 Å². The van der Waals surface area contributed by atoms with Crippen molar-refractivity contribution in [3.63, 3.8) is 0 Å². The Kier molecular flexibility index (Phi) is 3.32. The number of amides is 1. The molecule has 0 spiro atoms. The van der Waals surface area contributed by atoms with Crippen LogP contribution in [-0.4, -0.2) is 30.6 Å². The number of carbonyl (C=O) groups excluding carboxylic acids is 2. The van der Waals surface area contributed by atoms with Gasteiger partial charge in [-0.1, -0.05) is 0 Å². The van der Waals surface area contributed by atoms with Gasteiger partial charge in [-0.25, -0.2) is 4.79 Å². The highest BCUT2D eigenvalue weighted by Gasteiger charge is 1.97. The van der Waals surface area contributed by atoms with E-state index in [1.165, 1.54) is 17.9 Å². The summed E-state index contributed by atoms with van der Waals surface area (Å²) in [6.07, 6.45) is 1.33. The average Bonchev–Trinajstić information content (AvgIpc) is 1.82. The monoisotopic (exact) mass is 128 g/mol. The fourth-order valence-corrected chi connectivity index (χ4v) is 0.235. The molecule has 0 aliphatic carbocycles. The number of isocyanates is 1. The largest absolute Gasteiger partial charge is 0.326 e. The van der Waals surface area contributed by atoms with E-state index >= 15 is 0 Å². The van der Waals surface area contributed by atoms with Crippen molar-refractivity contribution in [2.24, 2.45) is 4.99 Å². The molecule has 0 bridgehead atoms. The summed E-state index contributed by atoms with van der Waals surface area (Å²) >= 11 is 0. The van der Waals surface area contributed by atoms with E-state index in [0.29, 0.717) is 0 Å². The number of nitrogens with zero attached hydrogens (tertiary/aromatic N) is 2. The zero-order valence-corrected chi connectivity index (χ0v) is 5.42. The molecule has 0 heterocycles. The summed E-state index contributed by atoms with van der Waals surface area (Å²) in [5.74, 6) is -0.117. The number of carbonyl (C=O) groups is 1.